The first-order chi connectivity index (χ1) is 12.7. The third kappa shape index (κ3) is 3.03. The van der Waals surface area contributed by atoms with Gasteiger partial charge in [0.15, 0.2) is 12.0 Å². The Labute approximate surface area is 155 Å². The normalized spacial score (nSPS) is 19.7. The minimum absolute atomic E-state index is 0.0309. The number of benzene rings is 3. The van der Waals surface area contributed by atoms with Gasteiger partial charge in [0.05, 0.1) is 5.41 Å². The Morgan fingerprint density at radius 1 is 0.692 bits per heavy atom. The van der Waals surface area contributed by atoms with Crippen molar-refractivity contribution in [1.82, 2.24) is 0 Å². The van der Waals surface area contributed by atoms with Crippen LogP contribution in [0, 0.1) is 0 Å². The Morgan fingerprint density at radius 2 is 1.19 bits per heavy atom. The maximum absolute atomic E-state index is 6.48. The molecule has 0 spiro atoms. The van der Waals surface area contributed by atoms with Crippen molar-refractivity contribution in [3.8, 4) is 0 Å². The van der Waals surface area contributed by atoms with E-state index < -0.39 is 0 Å². The van der Waals surface area contributed by atoms with E-state index in [1.54, 1.807) is 0 Å². The third-order valence-electron chi connectivity index (χ3n) is 5.08. The van der Waals surface area contributed by atoms with Gasteiger partial charge in [-0.15, -0.1) is 0 Å². The zero-order valence-electron chi connectivity index (χ0n) is 15.2. The molecular formula is C24H23NO. The van der Waals surface area contributed by atoms with Crippen LogP contribution in [0.5, 0.6) is 0 Å². The molecule has 26 heavy (non-hydrogen) atoms. The standard InChI is InChI=1S/C24H23NO/c1-24(2,20-16-10-5-11-17-20)23-25-21(18-12-6-3-7-13-18)22(26-23)19-14-8-4-9-15-19/h3-17,21-22H,1-2H3/t21-,22+/m0/s1. The summed E-state index contributed by atoms with van der Waals surface area (Å²) in [4.78, 5) is 5.06. The van der Waals surface area contributed by atoms with Crippen molar-refractivity contribution in [2.75, 3.05) is 0 Å². The van der Waals surface area contributed by atoms with Gasteiger partial charge in [-0.2, -0.15) is 0 Å². The van der Waals surface area contributed by atoms with E-state index in [0.717, 1.165) is 11.5 Å². The molecule has 1 heterocycles. The van der Waals surface area contributed by atoms with Crippen LogP contribution in [0.15, 0.2) is 96.0 Å². The minimum atomic E-state index is -0.280. The lowest BCUT2D eigenvalue weighted by Gasteiger charge is -2.26. The van der Waals surface area contributed by atoms with Gasteiger partial charge in [0.25, 0.3) is 0 Å². The van der Waals surface area contributed by atoms with Crippen molar-refractivity contribution in [1.29, 1.82) is 0 Å². The molecule has 2 heteroatoms. The van der Waals surface area contributed by atoms with Gasteiger partial charge in [-0.1, -0.05) is 91.0 Å². The molecule has 0 fully saturated rings. The number of ether oxygens (including phenoxy) is 1. The second-order valence-electron chi connectivity index (χ2n) is 7.23. The predicted octanol–water partition coefficient (Wildman–Crippen LogP) is 5.88. The van der Waals surface area contributed by atoms with Crippen LogP contribution in [0.4, 0.5) is 0 Å². The molecule has 2 nitrogen and oxygen atoms in total. The highest BCUT2D eigenvalue weighted by atomic mass is 16.5. The van der Waals surface area contributed by atoms with Gasteiger partial charge in [0, 0.05) is 0 Å². The maximum Gasteiger partial charge on any atom is 0.195 e. The highest BCUT2D eigenvalue weighted by Gasteiger charge is 2.40. The van der Waals surface area contributed by atoms with E-state index in [-0.39, 0.29) is 17.6 Å². The molecule has 0 saturated carbocycles. The lowest BCUT2D eigenvalue weighted by molar-refractivity contribution is 0.183. The molecule has 130 valence electrons. The van der Waals surface area contributed by atoms with E-state index in [2.05, 4.69) is 86.6 Å². The first-order valence-corrected chi connectivity index (χ1v) is 9.06. The summed E-state index contributed by atoms with van der Waals surface area (Å²) in [6.45, 7) is 4.35. The van der Waals surface area contributed by atoms with Crippen molar-refractivity contribution >= 4 is 5.90 Å². The molecule has 0 aromatic heterocycles. The number of rotatable bonds is 4. The van der Waals surface area contributed by atoms with Gasteiger partial charge >= 0.3 is 0 Å². The van der Waals surface area contributed by atoms with Gasteiger partial charge < -0.3 is 4.74 Å². The van der Waals surface area contributed by atoms with Gasteiger partial charge in [0.2, 0.25) is 0 Å². The topological polar surface area (TPSA) is 21.6 Å². The van der Waals surface area contributed by atoms with E-state index >= 15 is 0 Å². The van der Waals surface area contributed by atoms with Gasteiger partial charge in [0.1, 0.15) is 6.04 Å². The summed E-state index contributed by atoms with van der Waals surface area (Å²) < 4.78 is 6.48. The smallest absolute Gasteiger partial charge is 0.195 e. The van der Waals surface area contributed by atoms with E-state index in [4.69, 9.17) is 9.73 Å². The monoisotopic (exact) mass is 341 g/mol. The molecule has 0 unspecified atom stereocenters. The molecule has 4 rings (SSSR count). The van der Waals surface area contributed by atoms with Crippen LogP contribution >= 0.6 is 0 Å². The van der Waals surface area contributed by atoms with Gasteiger partial charge in [-0.3, -0.25) is 0 Å². The molecule has 2 atom stereocenters. The maximum atomic E-state index is 6.48. The zero-order valence-corrected chi connectivity index (χ0v) is 15.2. The highest BCUT2D eigenvalue weighted by Crippen LogP contribution is 2.43. The lowest BCUT2D eigenvalue weighted by Crippen LogP contribution is -2.29. The molecule has 0 radical (unpaired) electrons. The van der Waals surface area contributed by atoms with Gasteiger partial charge in [-0.25, -0.2) is 4.99 Å². The van der Waals surface area contributed by atoms with Crippen LogP contribution in [0.2, 0.25) is 0 Å². The number of hydrogen-bond donors (Lipinski definition) is 0. The molecule has 0 saturated heterocycles. The minimum Gasteiger partial charge on any atom is -0.469 e. The Bertz CT molecular complexity index is 885. The third-order valence-corrected chi connectivity index (χ3v) is 5.08. The Kier molecular flexibility index (Phi) is 4.34. The van der Waals surface area contributed by atoms with E-state index in [1.807, 2.05) is 18.2 Å². The second kappa shape index (κ2) is 6.80. The molecule has 0 aliphatic carbocycles. The van der Waals surface area contributed by atoms with Crippen LogP contribution in [-0.2, 0) is 10.2 Å². The lowest BCUT2D eigenvalue weighted by atomic mass is 9.84. The Balaban J connectivity index is 1.75. The van der Waals surface area contributed by atoms with Crippen molar-refractivity contribution in [2.45, 2.75) is 31.4 Å². The fourth-order valence-electron chi connectivity index (χ4n) is 3.49. The summed E-state index contributed by atoms with van der Waals surface area (Å²) in [7, 11) is 0. The first kappa shape index (κ1) is 16.6. The second-order valence-corrected chi connectivity index (χ2v) is 7.23. The summed E-state index contributed by atoms with van der Waals surface area (Å²) >= 11 is 0. The quantitative estimate of drug-likeness (QED) is 0.581. The Hall–Kier alpha value is -2.87. The fraction of sp³-hybridized carbons (Fsp3) is 0.208. The van der Waals surface area contributed by atoms with Crippen LogP contribution in [0.1, 0.15) is 42.7 Å². The molecule has 0 bridgehead atoms. The summed E-state index contributed by atoms with van der Waals surface area (Å²) in [6, 6.07) is 31.2. The zero-order chi connectivity index (χ0) is 18.0. The molecular weight excluding hydrogens is 318 g/mol. The molecule has 3 aromatic carbocycles. The predicted molar refractivity (Wildman–Crippen MR) is 106 cm³/mol. The number of hydrogen-bond acceptors (Lipinski definition) is 2. The highest BCUT2D eigenvalue weighted by molar-refractivity contribution is 5.89. The van der Waals surface area contributed by atoms with Crippen LogP contribution < -0.4 is 0 Å². The average Bonchev–Trinajstić information content (AvgIpc) is 3.16. The molecule has 1 aliphatic rings. The van der Waals surface area contributed by atoms with Crippen molar-refractivity contribution in [3.05, 3.63) is 108 Å². The fourth-order valence-corrected chi connectivity index (χ4v) is 3.49. The van der Waals surface area contributed by atoms with E-state index in [0.29, 0.717) is 0 Å². The first-order valence-electron chi connectivity index (χ1n) is 9.06. The Morgan fingerprint density at radius 3 is 1.77 bits per heavy atom. The van der Waals surface area contributed by atoms with Crippen LogP contribution in [0.3, 0.4) is 0 Å². The SMILES string of the molecule is CC(C)(C1=N[C@@H](c2ccccc2)[C@@H](c2ccccc2)O1)c1ccccc1. The van der Waals surface area contributed by atoms with Crippen LogP contribution in [0.25, 0.3) is 0 Å². The van der Waals surface area contributed by atoms with Crippen LogP contribution in [-0.4, -0.2) is 5.90 Å². The van der Waals surface area contributed by atoms with Crippen molar-refractivity contribution < 1.29 is 4.74 Å². The molecule has 3 aromatic rings. The van der Waals surface area contributed by atoms with E-state index in [1.165, 1.54) is 11.1 Å². The molecule has 0 N–H and O–H groups in total. The molecule has 1 aliphatic heterocycles. The largest absolute Gasteiger partial charge is 0.469 e. The summed E-state index contributed by atoms with van der Waals surface area (Å²) in [6.07, 6.45) is -0.100. The number of aliphatic imine (C=N–C) groups is 1. The average molecular weight is 341 g/mol. The van der Waals surface area contributed by atoms with Gasteiger partial charge in [-0.05, 0) is 30.5 Å². The summed E-state index contributed by atoms with van der Waals surface area (Å²) in [5, 5.41) is 0. The summed E-state index contributed by atoms with van der Waals surface area (Å²) in [5.41, 5.74) is 3.26. The van der Waals surface area contributed by atoms with Crippen molar-refractivity contribution in [3.63, 3.8) is 0 Å². The molecule has 0 amide bonds. The van der Waals surface area contributed by atoms with Crippen molar-refractivity contribution in [2.24, 2.45) is 4.99 Å². The summed E-state index contributed by atoms with van der Waals surface area (Å²) in [5.74, 6) is 0.798. The number of nitrogens with zero attached hydrogens (tertiary/aromatic N) is 1. The van der Waals surface area contributed by atoms with E-state index in [9.17, 15) is 0 Å².